The smallest absolute Gasteiger partial charge is 0.0939 e. The SMILES string of the molecule is CC/C=C(\N)N(C)C. The lowest BCUT2D eigenvalue weighted by molar-refractivity contribution is 0.503. The quantitative estimate of drug-likeness (QED) is 0.574. The maximum atomic E-state index is 5.51. The van der Waals surface area contributed by atoms with Crippen molar-refractivity contribution < 1.29 is 0 Å². The second-order valence-corrected chi connectivity index (χ2v) is 1.93. The predicted molar refractivity (Wildman–Crippen MR) is 36.2 cm³/mol. The van der Waals surface area contributed by atoms with Gasteiger partial charge in [-0.15, -0.1) is 0 Å². The number of allylic oxidation sites excluding steroid dienone is 1. The molecule has 2 N–H and O–H groups in total. The van der Waals surface area contributed by atoms with E-state index in [0.717, 1.165) is 12.2 Å². The summed E-state index contributed by atoms with van der Waals surface area (Å²) in [5.74, 6) is 0.840. The first-order chi connectivity index (χ1) is 3.68. The van der Waals surface area contributed by atoms with E-state index in [0.29, 0.717) is 0 Å². The van der Waals surface area contributed by atoms with Crippen LogP contribution in [0.1, 0.15) is 13.3 Å². The van der Waals surface area contributed by atoms with Crippen molar-refractivity contribution in [3.63, 3.8) is 0 Å². The Kier molecular flexibility index (Phi) is 3.08. The zero-order chi connectivity index (χ0) is 6.57. The maximum Gasteiger partial charge on any atom is 0.0939 e. The molecule has 0 amide bonds. The van der Waals surface area contributed by atoms with Gasteiger partial charge in [0.25, 0.3) is 0 Å². The first-order valence-corrected chi connectivity index (χ1v) is 2.81. The Morgan fingerprint density at radius 3 is 2.25 bits per heavy atom. The van der Waals surface area contributed by atoms with Crippen molar-refractivity contribution in [3.8, 4) is 0 Å². The summed E-state index contributed by atoms with van der Waals surface area (Å²) in [6, 6.07) is 0. The van der Waals surface area contributed by atoms with Gasteiger partial charge in [0.05, 0.1) is 5.82 Å². The van der Waals surface area contributed by atoms with Crippen molar-refractivity contribution >= 4 is 0 Å². The third kappa shape index (κ3) is 2.50. The molecule has 0 aromatic rings. The van der Waals surface area contributed by atoms with Crippen LogP contribution in [0.15, 0.2) is 11.9 Å². The van der Waals surface area contributed by atoms with Crippen LogP contribution in [0.25, 0.3) is 0 Å². The van der Waals surface area contributed by atoms with E-state index >= 15 is 0 Å². The molecule has 0 fully saturated rings. The van der Waals surface area contributed by atoms with Crippen LogP contribution in [0.4, 0.5) is 0 Å². The molecule has 0 aromatic heterocycles. The first kappa shape index (κ1) is 7.34. The zero-order valence-corrected chi connectivity index (χ0v) is 5.81. The molecule has 0 saturated heterocycles. The van der Waals surface area contributed by atoms with Crippen LogP contribution in [0.3, 0.4) is 0 Å². The average molecular weight is 114 g/mol. The van der Waals surface area contributed by atoms with Crippen molar-refractivity contribution in [2.45, 2.75) is 13.3 Å². The van der Waals surface area contributed by atoms with E-state index in [-0.39, 0.29) is 0 Å². The van der Waals surface area contributed by atoms with E-state index in [1.807, 2.05) is 25.1 Å². The Labute approximate surface area is 51.0 Å². The molecule has 0 saturated carbocycles. The summed E-state index contributed by atoms with van der Waals surface area (Å²) < 4.78 is 0. The number of nitrogens with two attached hydrogens (primary N) is 1. The summed E-state index contributed by atoms with van der Waals surface area (Å²) >= 11 is 0. The zero-order valence-electron chi connectivity index (χ0n) is 5.81. The monoisotopic (exact) mass is 114 g/mol. The van der Waals surface area contributed by atoms with Crippen LogP contribution in [-0.4, -0.2) is 19.0 Å². The number of nitrogens with zero attached hydrogens (tertiary/aromatic N) is 1. The van der Waals surface area contributed by atoms with Crippen LogP contribution in [0.2, 0.25) is 0 Å². The van der Waals surface area contributed by atoms with Gasteiger partial charge in [-0.2, -0.15) is 0 Å². The maximum absolute atomic E-state index is 5.51. The lowest BCUT2D eigenvalue weighted by Gasteiger charge is -2.10. The topological polar surface area (TPSA) is 29.3 Å². The van der Waals surface area contributed by atoms with Crippen molar-refractivity contribution in [1.82, 2.24) is 4.90 Å². The fourth-order valence-electron chi connectivity index (χ4n) is 0.392. The van der Waals surface area contributed by atoms with E-state index in [1.165, 1.54) is 0 Å². The van der Waals surface area contributed by atoms with Gasteiger partial charge in [0, 0.05) is 14.1 Å². The third-order valence-electron chi connectivity index (χ3n) is 0.930. The van der Waals surface area contributed by atoms with E-state index < -0.39 is 0 Å². The van der Waals surface area contributed by atoms with Gasteiger partial charge in [-0.1, -0.05) is 6.92 Å². The summed E-state index contributed by atoms with van der Waals surface area (Å²) in [5.41, 5.74) is 5.51. The highest BCUT2D eigenvalue weighted by molar-refractivity contribution is 4.92. The summed E-state index contributed by atoms with van der Waals surface area (Å²) in [6.07, 6.45) is 2.99. The van der Waals surface area contributed by atoms with Crippen molar-refractivity contribution in [3.05, 3.63) is 11.9 Å². The summed E-state index contributed by atoms with van der Waals surface area (Å²) in [7, 11) is 3.86. The van der Waals surface area contributed by atoms with Crippen molar-refractivity contribution in [1.29, 1.82) is 0 Å². The molecular weight excluding hydrogens is 100 g/mol. The minimum atomic E-state index is 0.840. The predicted octanol–water partition coefficient (Wildman–Crippen LogP) is 0.758. The molecule has 0 unspecified atom stereocenters. The number of hydrogen-bond acceptors (Lipinski definition) is 2. The summed E-state index contributed by atoms with van der Waals surface area (Å²) in [6.45, 7) is 2.07. The first-order valence-electron chi connectivity index (χ1n) is 2.81. The Bertz CT molecular complexity index is 84.5. The molecule has 0 aliphatic rings. The molecule has 2 nitrogen and oxygen atoms in total. The van der Waals surface area contributed by atoms with E-state index in [1.54, 1.807) is 0 Å². The van der Waals surface area contributed by atoms with Crippen molar-refractivity contribution in [2.24, 2.45) is 5.73 Å². The molecule has 0 atom stereocenters. The van der Waals surface area contributed by atoms with Crippen LogP contribution >= 0.6 is 0 Å². The second kappa shape index (κ2) is 3.36. The lowest BCUT2D eigenvalue weighted by Crippen LogP contribution is -2.17. The van der Waals surface area contributed by atoms with Crippen LogP contribution in [0, 0.1) is 0 Å². The number of hydrogen-bond donors (Lipinski definition) is 1. The van der Waals surface area contributed by atoms with E-state index in [2.05, 4.69) is 6.92 Å². The molecule has 0 aromatic carbocycles. The molecule has 0 aliphatic heterocycles. The highest BCUT2D eigenvalue weighted by atomic mass is 15.1. The van der Waals surface area contributed by atoms with Gasteiger partial charge >= 0.3 is 0 Å². The lowest BCUT2D eigenvalue weighted by atomic mass is 10.4. The minimum Gasteiger partial charge on any atom is -0.386 e. The molecule has 2 heteroatoms. The fourth-order valence-corrected chi connectivity index (χ4v) is 0.392. The Morgan fingerprint density at radius 2 is 2.12 bits per heavy atom. The Morgan fingerprint density at radius 1 is 1.62 bits per heavy atom. The third-order valence-corrected chi connectivity index (χ3v) is 0.930. The van der Waals surface area contributed by atoms with Gasteiger partial charge in [0.2, 0.25) is 0 Å². The molecule has 0 heterocycles. The fraction of sp³-hybridized carbons (Fsp3) is 0.667. The van der Waals surface area contributed by atoms with Crippen LogP contribution < -0.4 is 5.73 Å². The van der Waals surface area contributed by atoms with E-state index in [9.17, 15) is 0 Å². The molecule has 0 bridgehead atoms. The summed E-state index contributed by atoms with van der Waals surface area (Å²) in [5, 5.41) is 0. The second-order valence-electron chi connectivity index (χ2n) is 1.93. The average Bonchev–Trinajstić information content (AvgIpc) is 1.67. The van der Waals surface area contributed by atoms with Gasteiger partial charge in [0.1, 0.15) is 0 Å². The highest BCUT2D eigenvalue weighted by Gasteiger charge is 1.86. The van der Waals surface area contributed by atoms with Gasteiger partial charge in [0.15, 0.2) is 0 Å². The molecule has 0 rings (SSSR count). The Balaban J connectivity index is 3.61. The Hall–Kier alpha value is -0.660. The largest absolute Gasteiger partial charge is 0.386 e. The van der Waals surface area contributed by atoms with Gasteiger partial charge in [-0.25, -0.2) is 0 Å². The molecule has 0 spiro atoms. The van der Waals surface area contributed by atoms with Gasteiger partial charge < -0.3 is 10.6 Å². The summed E-state index contributed by atoms with van der Waals surface area (Å²) in [4.78, 5) is 1.89. The molecule has 48 valence electrons. The van der Waals surface area contributed by atoms with Gasteiger partial charge in [-0.3, -0.25) is 0 Å². The standard InChI is InChI=1S/C6H14N2/c1-4-5-6(7)8(2)3/h5H,4,7H2,1-3H3/b6-5+. The highest BCUT2D eigenvalue weighted by Crippen LogP contribution is 1.89. The van der Waals surface area contributed by atoms with Crippen molar-refractivity contribution in [2.75, 3.05) is 14.1 Å². The van der Waals surface area contributed by atoms with E-state index in [4.69, 9.17) is 5.73 Å². The normalized spacial score (nSPS) is 11.6. The van der Waals surface area contributed by atoms with Crippen LogP contribution in [-0.2, 0) is 0 Å². The molecule has 0 radical (unpaired) electrons. The molecular formula is C6H14N2. The van der Waals surface area contributed by atoms with Crippen LogP contribution in [0.5, 0.6) is 0 Å². The molecule has 8 heavy (non-hydrogen) atoms. The molecule has 0 aliphatic carbocycles. The van der Waals surface area contributed by atoms with Gasteiger partial charge in [-0.05, 0) is 12.5 Å². The number of rotatable bonds is 2. The minimum absolute atomic E-state index is 0.840.